The number of unbranched alkanes of at least 4 members (excludes halogenated alkanes) is 2. The van der Waals surface area contributed by atoms with Crippen LogP contribution in [0.2, 0.25) is 23.2 Å². The van der Waals surface area contributed by atoms with E-state index < -0.39 is 34.8 Å². The number of carbonyl (C=O) groups is 1. The number of aliphatic hydroxyl groups is 2. The predicted octanol–water partition coefficient (Wildman–Crippen LogP) is 11.6. The van der Waals surface area contributed by atoms with Crippen molar-refractivity contribution >= 4 is 33.0 Å². The summed E-state index contributed by atoms with van der Waals surface area (Å²) in [5.41, 5.74) is 0.469. The largest absolute Gasteiger partial charge is 0.512 e. The van der Waals surface area contributed by atoms with Crippen molar-refractivity contribution in [2.45, 2.75) is 176 Å². The van der Waals surface area contributed by atoms with Gasteiger partial charge in [0.1, 0.15) is 11.9 Å². The van der Waals surface area contributed by atoms with Crippen molar-refractivity contribution in [3.63, 3.8) is 0 Å². The van der Waals surface area contributed by atoms with Crippen molar-refractivity contribution in [2.75, 3.05) is 0 Å². The summed E-state index contributed by atoms with van der Waals surface area (Å²) in [7, 11) is -5.29. The van der Waals surface area contributed by atoms with Crippen LogP contribution < -0.4 is 10.4 Å². The maximum absolute atomic E-state index is 13.3. The molecule has 0 spiro atoms. The number of carbonyl (C=O) groups excluding carboxylic acids is 1. The van der Waals surface area contributed by atoms with E-state index in [0.717, 1.165) is 35.2 Å². The molecule has 2 rings (SSSR count). The molecule has 0 fully saturated rings. The van der Waals surface area contributed by atoms with Gasteiger partial charge in [-0.25, -0.2) is 4.79 Å². The number of aliphatic hydroxyl groups excluding tert-OH is 2. The van der Waals surface area contributed by atoms with Crippen LogP contribution in [0.15, 0.2) is 96.8 Å². The minimum absolute atomic E-state index is 0.00929. The lowest BCUT2D eigenvalue weighted by atomic mass is 9.79. The highest BCUT2D eigenvalue weighted by atomic mass is 28.4. The first-order valence-corrected chi connectivity index (χ1v) is 26.2. The van der Waals surface area contributed by atoms with Gasteiger partial charge < -0.3 is 23.8 Å². The molecule has 5 atom stereocenters. The Morgan fingerprint density at radius 2 is 1.43 bits per heavy atom. The van der Waals surface area contributed by atoms with E-state index >= 15 is 0 Å². The van der Waals surface area contributed by atoms with Gasteiger partial charge in [0.2, 0.25) is 0 Å². The van der Waals surface area contributed by atoms with E-state index in [9.17, 15) is 15.0 Å². The molecule has 8 heteroatoms. The molecule has 2 aromatic rings. The third kappa shape index (κ3) is 14.5. The van der Waals surface area contributed by atoms with Crippen molar-refractivity contribution in [3.8, 4) is 11.8 Å². The summed E-state index contributed by atoms with van der Waals surface area (Å²) in [6, 6.07) is 20.6. The first-order valence-electron chi connectivity index (χ1n) is 21.4. The molecule has 6 nitrogen and oxygen atoms in total. The van der Waals surface area contributed by atoms with E-state index in [1.54, 1.807) is 6.92 Å². The van der Waals surface area contributed by atoms with Gasteiger partial charge >= 0.3 is 5.97 Å². The Morgan fingerprint density at radius 3 is 1.90 bits per heavy atom. The fourth-order valence-electron chi connectivity index (χ4n) is 7.38. The number of rotatable bonds is 22. The second-order valence-electron chi connectivity index (χ2n) is 19.3. The molecule has 0 saturated heterocycles. The lowest BCUT2D eigenvalue weighted by molar-refractivity contribution is -0.143. The zero-order chi connectivity index (χ0) is 44.0. The molecule has 0 unspecified atom stereocenters. The third-order valence-corrected chi connectivity index (χ3v) is 21.5. The van der Waals surface area contributed by atoms with Crippen LogP contribution in [0.5, 0.6) is 0 Å². The van der Waals surface area contributed by atoms with Crippen LogP contribution >= 0.6 is 0 Å². The molecule has 0 heterocycles. The molecule has 0 saturated carbocycles. The zero-order valence-corrected chi connectivity index (χ0v) is 40.6. The smallest absolute Gasteiger partial charge is 0.334 e. The van der Waals surface area contributed by atoms with Crippen molar-refractivity contribution < 1.29 is 28.6 Å². The van der Waals surface area contributed by atoms with Crippen molar-refractivity contribution in [1.29, 1.82) is 0 Å². The Bertz CT molecular complexity index is 1650. The first kappa shape index (κ1) is 50.9. The maximum Gasteiger partial charge on any atom is 0.334 e. The molecule has 0 aliphatic heterocycles. The van der Waals surface area contributed by atoms with Crippen LogP contribution in [0, 0.1) is 23.2 Å². The van der Waals surface area contributed by atoms with E-state index in [-0.39, 0.29) is 52.2 Å². The average Bonchev–Trinajstić information content (AvgIpc) is 3.14. The number of esters is 1. The molecule has 0 radical (unpaired) electrons. The van der Waals surface area contributed by atoms with E-state index in [0.29, 0.717) is 12.8 Å². The normalized spacial score (nSPS) is 16.1. The minimum Gasteiger partial charge on any atom is -0.512 e. The number of hydrogen-bond donors (Lipinski definition) is 2. The molecular weight excluding hydrogens is 753 g/mol. The van der Waals surface area contributed by atoms with Crippen molar-refractivity contribution in [2.24, 2.45) is 11.3 Å². The van der Waals surface area contributed by atoms with Crippen LogP contribution in [-0.4, -0.2) is 57.2 Å². The van der Waals surface area contributed by atoms with E-state index in [1.807, 2.05) is 49.4 Å². The molecule has 0 amide bonds. The van der Waals surface area contributed by atoms with Gasteiger partial charge in [-0.05, 0) is 65.8 Å². The summed E-state index contributed by atoms with van der Waals surface area (Å²) in [6.07, 6.45) is 7.58. The molecule has 2 N–H and O–H groups in total. The lowest BCUT2D eigenvalue weighted by Crippen LogP contribution is -2.67. The molecule has 58 heavy (non-hydrogen) atoms. The first-order chi connectivity index (χ1) is 26.9. The summed E-state index contributed by atoms with van der Waals surface area (Å²) >= 11 is 0. The van der Waals surface area contributed by atoms with Gasteiger partial charge in [0.05, 0.1) is 24.4 Å². The van der Waals surface area contributed by atoms with Gasteiger partial charge in [0.15, 0.2) is 8.32 Å². The van der Waals surface area contributed by atoms with Crippen LogP contribution in [0.4, 0.5) is 0 Å². The number of hydrogen-bond acceptors (Lipinski definition) is 6. The molecule has 0 aliphatic rings. The SMILES string of the molecule is C=CC(C)(C)[C@@H](O[Si](C)(C)C(C)(C)C)[C@@H](C)/C=C(\C)[C@H](O)C[C@@H](C/C(O)=C/C(=O)O[C@@H](CC#CC)CCCCC)O[Si](c1ccccc1)(c1ccccc1)C(C)(C)C. The van der Waals surface area contributed by atoms with Gasteiger partial charge in [-0.3, -0.25) is 0 Å². The second-order valence-corrected chi connectivity index (χ2v) is 28.3. The monoisotopic (exact) mass is 831 g/mol. The summed E-state index contributed by atoms with van der Waals surface area (Å²) < 4.78 is 20.4. The van der Waals surface area contributed by atoms with Gasteiger partial charge in [0, 0.05) is 30.6 Å². The Hall–Kier alpha value is -3.20. The Morgan fingerprint density at radius 1 is 0.879 bits per heavy atom. The van der Waals surface area contributed by atoms with E-state index in [1.165, 1.54) is 6.08 Å². The molecular formula is C50H78O6Si2. The van der Waals surface area contributed by atoms with Crippen molar-refractivity contribution in [1.82, 2.24) is 0 Å². The highest BCUT2D eigenvalue weighted by Crippen LogP contribution is 2.43. The van der Waals surface area contributed by atoms with Crippen LogP contribution in [0.25, 0.3) is 0 Å². The minimum atomic E-state index is -3.13. The van der Waals surface area contributed by atoms with Crippen LogP contribution in [0.3, 0.4) is 0 Å². The summed E-state index contributed by atoms with van der Waals surface area (Å²) in [5, 5.41) is 25.5. The van der Waals surface area contributed by atoms with E-state index in [2.05, 4.69) is 131 Å². The van der Waals surface area contributed by atoms with Crippen molar-refractivity contribution in [3.05, 3.63) is 96.8 Å². The molecule has 0 bridgehead atoms. The fourth-order valence-corrected chi connectivity index (χ4v) is 13.6. The molecule has 322 valence electrons. The zero-order valence-electron chi connectivity index (χ0n) is 38.6. The average molecular weight is 831 g/mol. The summed E-state index contributed by atoms with van der Waals surface area (Å²) in [6.45, 7) is 34.4. The fraction of sp³-hybridized carbons (Fsp3) is 0.580. The number of ether oxygens (including phenoxy) is 1. The Kier molecular flexibility index (Phi) is 19.7. The van der Waals surface area contributed by atoms with Crippen LogP contribution in [0.1, 0.15) is 128 Å². The van der Waals surface area contributed by atoms with Gasteiger partial charge in [-0.15, -0.1) is 12.5 Å². The third-order valence-electron chi connectivity index (χ3n) is 11.9. The Labute approximate surface area is 355 Å². The Balaban J connectivity index is 2.66. The second kappa shape index (κ2) is 22.4. The summed E-state index contributed by atoms with van der Waals surface area (Å²) in [4.78, 5) is 13.3. The quantitative estimate of drug-likeness (QED) is 0.0234. The highest BCUT2D eigenvalue weighted by molar-refractivity contribution is 6.99. The maximum atomic E-state index is 13.3. The predicted molar refractivity (Wildman–Crippen MR) is 250 cm³/mol. The molecule has 0 aromatic heterocycles. The lowest BCUT2D eigenvalue weighted by Gasteiger charge is -2.46. The van der Waals surface area contributed by atoms with Gasteiger partial charge in [-0.2, -0.15) is 0 Å². The standard InChI is InChI=1S/C50H78O6Si2/c1-16-19-23-29-41(28-20-17-2)54-46(53)36-40(51)35-42(55-58(49(9,10)11,43-30-24-21-25-31-43)44-32-26-22-27-33-44)37-45(52)38(4)34-39(5)47(50(12,13)18-3)56-57(14,15)48(6,7)8/h18,21-22,24-27,30-34,36,39,41-42,45,47,51-52H,3,16,19,23,28-29,35,37H2,1-2,4-15H3/b38-34+,40-36-/t39-,41-,42+,45+,47-/m0/s1. The van der Waals surface area contributed by atoms with E-state index in [4.69, 9.17) is 13.6 Å². The summed E-state index contributed by atoms with van der Waals surface area (Å²) in [5.74, 6) is 5.15. The molecule has 0 aliphatic carbocycles. The van der Waals surface area contributed by atoms with Gasteiger partial charge in [-0.1, -0.05) is 161 Å². The van der Waals surface area contributed by atoms with Gasteiger partial charge in [0.25, 0.3) is 8.32 Å². The van der Waals surface area contributed by atoms with Crippen LogP contribution in [-0.2, 0) is 18.4 Å². The number of benzene rings is 2. The topological polar surface area (TPSA) is 85.2 Å². The highest BCUT2D eigenvalue weighted by Gasteiger charge is 2.52. The molecule has 2 aromatic carbocycles.